The van der Waals surface area contributed by atoms with Crippen molar-refractivity contribution in [2.45, 2.75) is 26.0 Å². The van der Waals surface area contributed by atoms with Crippen molar-refractivity contribution in [1.82, 2.24) is 0 Å². The summed E-state index contributed by atoms with van der Waals surface area (Å²) in [6, 6.07) is 29.5. The maximum atomic E-state index is 13.8. The predicted octanol–water partition coefficient (Wildman–Crippen LogP) is 6.69. The Morgan fingerprint density at radius 3 is 2.31 bits per heavy atom. The molecule has 2 heterocycles. The van der Waals surface area contributed by atoms with Crippen LogP contribution in [-0.4, -0.2) is 13.0 Å². The Bertz CT molecular complexity index is 1720. The molecule has 1 amide bonds. The first kappa shape index (κ1) is 24.5. The van der Waals surface area contributed by atoms with Crippen LogP contribution in [0.25, 0.3) is 11.0 Å². The summed E-state index contributed by atoms with van der Waals surface area (Å²) in [5.74, 6) is 0.784. The fourth-order valence-electron chi connectivity index (χ4n) is 5.10. The number of hydrogen-bond acceptors (Lipinski definition) is 5. The molecule has 4 aromatic carbocycles. The van der Waals surface area contributed by atoms with Gasteiger partial charge in [0.1, 0.15) is 12.2 Å². The van der Waals surface area contributed by atoms with E-state index in [0.717, 1.165) is 17.5 Å². The van der Waals surface area contributed by atoms with Crippen LogP contribution in [0.4, 0.5) is 5.69 Å². The number of anilines is 1. The molecule has 0 radical (unpaired) electrons. The number of methoxy groups -OCH3 is 1. The van der Waals surface area contributed by atoms with Crippen molar-refractivity contribution in [2.24, 2.45) is 0 Å². The molecule has 194 valence electrons. The molecule has 1 aromatic heterocycles. The summed E-state index contributed by atoms with van der Waals surface area (Å²) < 4.78 is 17.8. The number of benzene rings is 4. The van der Waals surface area contributed by atoms with Crippen molar-refractivity contribution in [1.29, 1.82) is 0 Å². The molecule has 0 spiro atoms. The fourth-order valence-corrected chi connectivity index (χ4v) is 5.10. The van der Waals surface area contributed by atoms with Crippen molar-refractivity contribution in [2.75, 3.05) is 12.0 Å². The second kappa shape index (κ2) is 10.1. The monoisotopic (exact) mass is 517 g/mol. The number of rotatable bonds is 7. The number of carbonyl (C=O) groups excluding carboxylic acids is 1. The number of ether oxygens (including phenoxy) is 2. The smallest absolute Gasteiger partial charge is 0.295 e. The summed E-state index contributed by atoms with van der Waals surface area (Å²) in [5.41, 5.74) is 4.07. The molecule has 39 heavy (non-hydrogen) atoms. The third-order valence-corrected chi connectivity index (χ3v) is 7.14. The number of para-hydroxylation sites is 1. The van der Waals surface area contributed by atoms with Crippen LogP contribution in [0.3, 0.4) is 0 Å². The Balaban J connectivity index is 1.48. The summed E-state index contributed by atoms with van der Waals surface area (Å²) in [7, 11) is 1.57. The van der Waals surface area contributed by atoms with E-state index in [1.165, 1.54) is 0 Å². The molecular formula is C33H27NO5. The molecule has 1 aliphatic heterocycles. The Kier molecular flexibility index (Phi) is 6.37. The van der Waals surface area contributed by atoms with Gasteiger partial charge in [0.05, 0.1) is 24.1 Å². The van der Waals surface area contributed by atoms with Gasteiger partial charge in [-0.05, 0) is 59.5 Å². The minimum absolute atomic E-state index is 0.0617. The van der Waals surface area contributed by atoms with Crippen LogP contribution in [-0.2, 0) is 13.0 Å². The van der Waals surface area contributed by atoms with Crippen LogP contribution in [0, 0.1) is 0 Å². The van der Waals surface area contributed by atoms with Gasteiger partial charge in [-0.1, -0.05) is 67.6 Å². The lowest BCUT2D eigenvalue weighted by atomic mass is 9.97. The van der Waals surface area contributed by atoms with Gasteiger partial charge in [-0.25, -0.2) is 0 Å². The number of hydrogen-bond donors (Lipinski definition) is 0. The van der Waals surface area contributed by atoms with Crippen LogP contribution >= 0.6 is 0 Å². The molecular weight excluding hydrogens is 490 g/mol. The average Bonchev–Trinajstić information content (AvgIpc) is 3.28. The third kappa shape index (κ3) is 4.34. The van der Waals surface area contributed by atoms with Gasteiger partial charge >= 0.3 is 0 Å². The summed E-state index contributed by atoms with van der Waals surface area (Å²) in [6.45, 7) is 2.46. The maximum absolute atomic E-state index is 13.8. The fraction of sp³-hybridized carbons (Fsp3) is 0.152. The van der Waals surface area contributed by atoms with Crippen LogP contribution in [0.2, 0.25) is 0 Å². The van der Waals surface area contributed by atoms with Crippen molar-refractivity contribution in [3.8, 4) is 11.5 Å². The Morgan fingerprint density at radius 1 is 0.821 bits per heavy atom. The summed E-state index contributed by atoms with van der Waals surface area (Å²) in [6.07, 6.45) is 0.880. The normalized spacial score (nSPS) is 14.5. The maximum Gasteiger partial charge on any atom is 0.295 e. The van der Waals surface area contributed by atoms with Crippen molar-refractivity contribution in [3.63, 3.8) is 0 Å². The number of fused-ring (bicyclic) bond motifs is 2. The van der Waals surface area contributed by atoms with Crippen LogP contribution in [0.5, 0.6) is 11.5 Å². The van der Waals surface area contributed by atoms with E-state index in [4.69, 9.17) is 13.9 Å². The molecule has 0 aliphatic carbocycles. The van der Waals surface area contributed by atoms with Crippen LogP contribution < -0.4 is 19.8 Å². The molecule has 1 aliphatic rings. The number of carbonyl (C=O) groups is 1. The van der Waals surface area contributed by atoms with Gasteiger partial charge < -0.3 is 13.9 Å². The van der Waals surface area contributed by atoms with Crippen LogP contribution in [0.1, 0.15) is 45.8 Å². The summed E-state index contributed by atoms with van der Waals surface area (Å²) in [4.78, 5) is 29.3. The highest BCUT2D eigenvalue weighted by molar-refractivity contribution is 6.10. The van der Waals surface area contributed by atoms with Gasteiger partial charge in [0.2, 0.25) is 5.76 Å². The van der Waals surface area contributed by atoms with E-state index in [9.17, 15) is 9.59 Å². The largest absolute Gasteiger partial charge is 0.493 e. The predicted molar refractivity (Wildman–Crippen MR) is 151 cm³/mol. The highest BCUT2D eigenvalue weighted by atomic mass is 16.5. The van der Waals surface area contributed by atoms with Gasteiger partial charge in [0.25, 0.3) is 5.91 Å². The first-order valence-electron chi connectivity index (χ1n) is 12.9. The zero-order valence-corrected chi connectivity index (χ0v) is 21.7. The van der Waals surface area contributed by atoms with E-state index in [2.05, 4.69) is 6.92 Å². The molecule has 5 aromatic rings. The average molecular weight is 518 g/mol. The number of amides is 1. The van der Waals surface area contributed by atoms with Gasteiger partial charge in [-0.15, -0.1) is 0 Å². The number of aryl methyl sites for hydroxylation is 1. The molecule has 0 saturated heterocycles. The van der Waals surface area contributed by atoms with Gasteiger partial charge in [-0.3, -0.25) is 14.5 Å². The molecule has 6 nitrogen and oxygen atoms in total. The number of nitrogens with zero attached hydrogens (tertiary/aromatic N) is 1. The standard InChI is InChI=1S/C33H27NO5/c1-3-21-13-16-24(17-14-21)34-30(29-31(35)25-11-7-8-12-26(25)39-32(29)33(34)36)23-15-18-27(28(19-23)37-2)38-20-22-9-5-4-6-10-22/h4-19,30H,3,20H2,1-2H3. The van der Waals surface area contributed by atoms with E-state index in [1.807, 2.05) is 72.8 Å². The molecule has 1 atom stereocenters. The Morgan fingerprint density at radius 2 is 1.56 bits per heavy atom. The highest BCUT2D eigenvalue weighted by Gasteiger charge is 2.43. The lowest BCUT2D eigenvalue weighted by Gasteiger charge is -2.26. The molecule has 0 N–H and O–H groups in total. The first-order valence-corrected chi connectivity index (χ1v) is 12.9. The molecule has 6 rings (SSSR count). The minimum atomic E-state index is -0.696. The third-order valence-electron chi connectivity index (χ3n) is 7.14. The van der Waals surface area contributed by atoms with E-state index in [0.29, 0.717) is 45.9 Å². The van der Waals surface area contributed by atoms with E-state index < -0.39 is 6.04 Å². The van der Waals surface area contributed by atoms with Gasteiger partial charge in [-0.2, -0.15) is 0 Å². The van der Waals surface area contributed by atoms with Crippen molar-refractivity contribution >= 4 is 22.6 Å². The zero-order valence-electron chi connectivity index (χ0n) is 21.7. The van der Waals surface area contributed by atoms with E-state index in [1.54, 1.807) is 36.3 Å². The molecule has 6 heteroatoms. The van der Waals surface area contributed by atoms with Gasteiger partial charge in [0.15, 0.2) is 16.9 Å². The lowest BCUT2D eigenvalue weighted by molar-refractivity contribution is 0.0971. The molecule has 0 saturated carbocycles. The first-order chi connectivity index (χ1) is 19.1. The minimum Gasteiger partial charge on any atom is -0.493 e. The molecule has 0 bridgehead atoms. The second-order valence-corrected chi connectivity index (χ2v) is 9.45. The summed E-state index contributed by atoms with van der Waals surface area (Å²) >= 11 is 0. The lowest BCUT2D eigenvalue weighted by Crippen LogP contribution is -2.29. The molecule has 1 unspecified atom stereocenters. The topological polar surface area (TPSA) is 69.0 Å². The highest BCUT2D eigenvalue weighted by Crippen LogP contribution is 2.43. The quantitative estimate of drug-likeness (QED) is 0.241. The molecule has 0 fully saturated rings. The van der Waals surface area contributed by atoms with Crippen LogP contribution in [0.15, 0.2) is 106 Å². The van der Waals surface area contributed by atoms with Crippen molar-refractivity contribution in [3.05, 3.63) is 135 Å². The summed E-state index contributed by atoms with van der Waals surface area (Å²) in [5, 5.41) is 0.437. The Hall–Kier alpha value is -4.84. The Labute approximate surface area is 226 Å². The zero-order chi connectivity index (χ0) is 26.9. The SMILES string of the molecule is CCc1ccc(N2C(=O)c3oc4ccccc4c(=O)c3C2c2ccc(OCc3ccccc3)c(OC)c2)cc1. The van der Waals surface area contributed by atoms with E-state index >= 15 is 0 Å². The second-order valence-electron chi connectivity index (χ2n) is 9.45. The van der Waals surface area contributed by atoms with E-state index in [-0.39, 0.29) is 17.1 Å². The van der Waals surface area contributed by atoms with Gasteiger partial charge in [0, 0.05) is 5.69 Å². The van der Waals surface area contributed by atoms with Crippen molar-refractivity contribution < 1.29 is 18.7 Å².